The van der Waals surface area contributed by atoms with Gasteiger partial charge in [-0.25, -0.2) is 13.2 Å². The zero-order valence-electron chi connectivity index (χ0n) is 17.2. The molecule has 10 heteroatoms. The number of ether oxygens (including phenoxy) is 2. The van der Waals surface area contributed by atoms with Gasteiger partial charge >= 0.3 is 5.97 Å². The molecule has 2 rings (SSSR count). The number of benzene rings is 1. The molecule has 1 fully saturated rings. The van der Waals surface area contributed by atoms with E-state index < -0.39 is 28.4 Å². The Hall–Kier alpha value is -2.90. The summed E-state index contributed by atoms with van der Waals surface area (Å²) in [5, 5.41) is 8.94. The minimum atomic E-state index is -3.90. The van der Waals surface area contributed by atoms with Crippen LogP contribution in [0.3, 0.4) is 0 Å². The summed E-state index contributed by atoms with van der Waals surface area (Å²) in [4.78, 5) is 24.2. The van der Waals surface area contributed by atoms with Crippen molar-refractivity contribution in [3.05, 3.63) is 35.0 Å². The molecule has 0 radical (unpaired) electrons. The molecule has 0 amide bonds. The fourth-order valence-corrected chi connectivity index (χ4v) is 5.10. The molecular weight excluding hydrogens is 410 g/mol. The van der Waals surface area contributed by atoms with Crippen LogP contribution in [0.1, 0.15) is 43.5 Å². The number of nitriles is 1. The Bertz CT molecular complexity index is 1010. The lowest BCUT2D eigenvalue weighted by Crippen LogP contribution is -2.42. The molecule has 1 atom stereocenters. The van der Waals surface area contributed by atoms with Gasteiger partial charge in [0, 0.05) is 18.3 Å². The number of hydrogen-bond donors (Lipinski definition) is 1. The zero-order chi connectivity index (χ0) is 22.5. The predicted molar refractivity (Wildman–Crippen MR) is 108 cm³/mol. The SMILES string of the molecule is COc1ccc(C(=O)OCC(=O)/C(C#N)=C(\C)N)cc1S(=O)(=O)N1CCCC[C@H]1C. The first-order chi connectivity index (χ1) is 14.1. The van der Waals surface area contributed by atoms with Gasteiger partial charge in [-0.05, 0) is 44.9 Å². The Morgan fingerprint density at radius 2 is 2.03 bits per heavy atom. The summed E-state index contributed by atoms with van der Waals surface area (Å²) in [5.74, 6) is -1.54. The molecular formula is C20H25N3O6S. The summed E-state index contributed by atoms with van der Waals surface area (Å²) in [7, 11) is -2.56. The van der Waals surface area contributed by atoms with E-state index >= 15 is 0 Å². The molecule has 1 aliphatic rings. The molecule has 0 saturated carbocycles. The highest BCUT2D eigenvalue weighted by atomic mass is 32.2. The molecule has 9 nitrogen and oxygen atoms in total. The molecule has 2 N–H and O–H groups in total. The third-order valence-electron chi connectivity index (χ3n) is 4.85. The smallest absolute Gasteiger partial charge is 0.338 e. The van der Waals surface area contributed by atoms with Gasteiger partial charge in [0.25, 0.3) is 0 Å². The molecule has 162 valence electrons. The Morgan fingerprint density at radius 1 is 1.33 bits per heavy atom. The highest BCUT2D eigenvalue weighted by Gasteiger charge is 2.33. The Morgan fingerprint density at radius 3 is 2.60 bits per heavy atom. The molecule has 1 saturated heterocycles. The number of allylic oxidation sites excluding steroid dienone is 1. The summed E-state index contributed by atoms with van der Waals surface area (Å²) in [6.07, 6.45) is 2.46. The van der Waals surface area contributed by atoms with E-state index in [0.717, 1.165) is 19.3 Å². The van der Waals surface area contributed by atoms with Crippen molar-refractivity contribution in [3.63, 3.8) is 0 Å². The van der Waals surface area contributed by atoms with Gasteiger partial charge in [-0.15, -0.1) is 0 Å². The number of hydrogen-bond acceptors (Lipinski definition) is 8. The summed E-state index contributed by atoms with van der Waals surface area (Å²) >= 11 is 0. The van der Waals surface area contributed by atoms with Gasteiger partial charge < -0.3 is 15.2 Å². The maximum atomic E-state index is 13.2. The summed E-state index contributed by atoms with van der Waals surface area (Å²) in [6, 6.07) is 5.38. The van der Waals surface area contributed by atoms with Crippen molar-refractivity contribution >= 4 is 21.8 Å². The quantitative estimate of drug-likeness (QED) is 0.388. The van der Waals surface area contributed by atoms with E-state index in [9.17, 15) is 18.0 Å². The first-order valence-electron chi connectivity index (χ1n) is 9.40. The van der Waals surface area contributed by atoms with E-state index in [2.05, 4.69) is 0 Å². The molecule has 1 aromatic rings. The first kappa shape index (κ1) is 23.4. The zero-order valence-corrected chi connectivity index (χ0v) is 18.0. The number of carbonyl (C=O) groups is 2. The maximum absolute atomic E-state index is 13.2. The van der Waals surface area contributed by atoms with Crippen LogP contribution in [0.15, 0.2) is 34.4 Å². The lowest BCUT2D eigenvalue weighted by molar-refractivity contribution is -0.118. The average Bonchev–Trinajstić information content (AvgIpc) is 2.71. The van der Waals surface area contributed by atoms with Crippen molar-refractivity contribution in [1.29, 1.82) is 5.26 Å². The number of nitrogens with two attached hydrogens (primary N) is 1. The van der Waals surface area contributed by atoms with Crippen LogP contribution >= 0.6 is 0 Å². The van der Waals surface area contributed by atoms with Gasteiger partial charge in [0.1, 0.15) is 22.3 Å². The van der Waals surface area contributed by atoms with Crippen molar-refractivity contribution in [2.24, 2.45) is 5.73 Å². The fraction of sp³-hybridized carbons (Fsp3) is 0.450. The molecule has 1 aromatic carbocycles. The van der Waals surface area contributed by atoms with Crippen LogP contribution in [0.2, 0.25) is 0 Å². The second-order valence-corrected chi connectivity index (χ2v) is 8.85. The third kappa shape index (κ3) is 4.98. The number of carbonyl (C=O) groups excluding carboxylic acids is 2. The second kappa shape index (κ2) is 9.73. The minimum absolute atomic E-state index is 0.0204. The normalized spacial score (nSPS) is 18.1. The van der Waals surface area contributed by atoms with E-state index in [1.165, 1.54) is 36.5 Å². The lowest BCUT2D eigenvalue weighted by Gasteiger charge is -2.32. The topological polar surface area (TPSA) is 140 Å². The van der Waals surface area contributed by atoms with Crippen molar-refractivity contribution in [2.45, 2.75) is 44.0 Å². The van der Waals surface area contributed by atoms with E-state index in [1.807, 2.05) is 6.92 Å². The van der Waals surface area contributed by atoms with Crippen molar-refractivity contribution in [1.82, 2.24) is 4.31 Å². The van der Waals surface area contributed by atoms with Crippen LogP contribution in [0.4, 0.5) is 0 Å². The molecule has 1 aliphatic heterocycles. The van der Waals surface area contributed by atoms with E-state index in [4.69, 9.17) is 20.5 Å². The monoisotopic (exact) mass is 435 g/mol. The first-order valence-corrected chi connectivity index (χ1v) is 10.8. The van der Waals surface area contributed by atoms with Gasteiger partial charge in [0.2, 0.25) is 15.8 Å². The molecule has 0 unspecified atom stereocenters. The number of methoxy groups -OCH3 is 1. The molecule has 0 aliphatic carbocycles. The van der Waals surface area contributed by atoms with E-state index in [1.54, 1.807) is 6.07 Å². The van der Waals surface area contributed by atoms with Crippen molar-refractivity contribution < 1.29 is 27.5 Å². The highest BCUT2D eigenvalue weighted by molar-refractivity contribution is 7.89. The van der Waals surface area contributed by atoms with Gasteiger partial charge in [0.15, 0.2) is 6.61 Å². The highest BCUT2D eigenvalue weighted by Crippen LogP contribution is 2.31. The summed E-state index contributed by atoms with van der Waals surface area (Å²) in [5.41, 5.74) is 5.13. The molecule has 30 heavy (non-hydrogen) atoms. The Kier molecular flexibility index (Phi) is 7.59. The van der Waals surface area contributed by atoms with Crippen LogP contribution < -0.4 is 10.5 Å². The van der Waals surface area contributed by atoms with Crippen LogP contribution in [-0.4, -0.2) is 50.8 Å². The van der Waals surface area contributed by atoms with Gasteiger partial charge in [-0.2, -0.15) is 9.57 Å². The van der Waals surface area contributed by atoms with Crippen molar-refractivity contribution in [2.75, 3.05) is 20.3 Å². The number of Topliss-reactive ketones (excluding diaryl/α,β-unsaturated/α-hetero) is 1. The van der Waals surface area contributed by atoms with Crippen molar-refractivity contribution in [3.8, 4) is 11.8 Å². The Balaban J connectivity index is 2.29. The number of esters is 1. The van der Waals surface area contributed by atoms with Crippen LogP contribution in [0.25, 0.3) is 0 Å². The van der Waals surface area contributed by atoms with Gasteiger partial charge in [-0.1, -0.05) is 6.42 Å². The minimum Gasteiger partial charge on any atom is -0.495 e. The Labute approximate surface area is 176 Å². The predicted octanol–water partition coefficient (Wildman–Crippen LogP) is 1.74. The molecule has 0 aromatic heterocycles. The number of sulfonamides is 1. The van der Waals surface area contributed by atoms with Crippen LogP contribution in [0, 0.1) is 11.3 Å². The lowest BCUT2D eigenvalue weighted by atomic mass is 10.1. The number of rotatable bonds is 7. The largest absolute Gasteiger partial charge is 0.495 e. The molecule has 0 bridgehead atoms. The van der Waals surface area contributed by atoms with Crippen LogP contribution in [0.5, 0.6) is 5.75 Å². The van der Waals surface area contributed by atoms with E-state index in [-0.39, 0.29) is 33.5 Å². The molecule has 0 spiro atoms. The number of ketones is 1. The fourth-order valence-electron chi connectivity index (χ4n) is 3.22. The van der Waals surface area contributed by atoms with Crippen LogP contribution in [-0.2, 0) is 19.6 Å². The molecule has 1 heterocycles. The third-order valence-corrected chi connectivity index (χ3v) is 6.88. The standard InChI is InChI=1S/C20H25N3O6S/c1-13-6-4-5-9-23(13)30(26,27)19-10-15(7-8-18(19)28-3)20(25)29-12-17(24)16(11-21)14(2)22/h7-8,10,13H,4-6,9,12,22H2,1-3H3/b16-14+/t13-/m1/s1. The van der Waals surface area contributed by atoms with E-state index in [0.29, 0.717) is 6.54 Å². The summed E-state index contributed by atoms with van der Waals surface area (Å²) < 4.78 is 38.0. The number of nitrogens with zero attached hydrogens (tertiary/aromatic N) is 2. The second-order valence-electron chi connectivity index (χ2n) is 7.00. The number of piperidine rings is 1. The summed E-state index contributed by atoms with van der Waals surface area (Å²) in [6.45, 7) is 2.93. The maximum Gasteiger partial charge on any atom is 0.338 e. The average molecular weight is 436 g/mol. The van der Waals surface area contributed by atoms with Gasteiger partial charge in [-0.3, -0.25) is 4.79 Å². The van der Waals surface area contributed by atoms with Gasteiger partial charge in [0.05, 0.1) is 12.7 Å².